The Morgan fingerprint density at radius 2 is 1.95 bits per heavy atom. The van der Waals surface area contributed by atoms with Crippen LogP contribution in [0, 0.1) is 13.8 Å². The molecule has 0 atom stereocenters. The van der Waals surface area contributed by atoms with Gasteiger partial charge in [0.2, 0.25) is 0 Å². The molecule has 0 fully saturated rings. The Labute approximate surface area is 112 Å². The molecular formula is C14H16N4O. The molecule has 0 spiro atoms. The Morgan fingerprint density at radius 3 is 2.63 bits per heavy atom. The molecule has 0 saturated carbocycles. The van der Waals surface area contributed by atoms with Crippen LogP contribution in [0.1, 0.15) is 21.6 Å². The van der Waals surface area contributed by atoms with Gasteiger partial charge < -0.3 is 10.6 Å². The van der Waals surface area contributed by atoms with Gasteiger partial charge in [-0.2, -0.15) is 0 Å². The maximum absolute atomic E-state index is 12.1. The lowest BCUT2D eigenvalue weighted by molar-refractivity contribution is 0.102. The molecule has 5 heteroatoms. The molecule has 5 nitrogen and oxygen atoms in total. The van der Waals surface area contributed by atoms with Gasteiger partial charge >= 0.3 is 0 Å². The molecule has 0 saturated heterocycles. The Kier molecular flexibility index (Phi) is 3.75. The minimum Gasteiger partial charge on any atom is -0.373 e. The molecule has 0 radical (unpaired) electrons. The normalized spacial score (nSPS) is 10.1. The van der Waals surface area contributed by atoms with Crippen molar-refractivity contribution >= 4 is 17.5 Å². The van der Waals surface area contributed by atoms with Crippen molar-refractivity contribution < 1.29 is 4.79 Å². The van der Waals surface area contributed by atoms with E-state index in [1.54, 1.807) is 25.4 Å². The van der Waals surface area contributed by atoms with Crippen molar-refractivity contribution in [2.45, 2.75) is 13.8 Å². The number of rotatable bonds is 3. The van der Waals surface area contributed by atoms with E-state index in [-0.39, 0.29) is 5.91 Å². The molecule has 2 aromatic heterocycles. The van der Waals surface area contributed by atoms with Crippen molar-refractivity contribution in [3.63, 3.8) is 0 Å². The van der Waals surface area contributed by atoms with Gasteiger partial charge in [-0.25, -0.2) is 9.97 Å². The second-order valence-electron chi connectivity index (χ2n) is 4.30. The Morgan fingerprint density at radius 1 is 1.16 bits per heavy atom. The monoisotopic (exact) mass is 256 g/mol. The Bertz CT molecular complexity index is 590. The number of nitrogens with one attached hydrogen (secondary N) is 2. The summed E-state index contributed by atoms with van der Waals surface area (Å²) >= 11 is 0. The number of nitrogens with zero attached hydrogens (tertiary/aromatic N) is 2. The van der Waals surface area contributed by atoms with Gasteiger partial charge in [0.15, 0.2) is 0 Å². The van der Waals surface area contributed by atoms with E-state index in [2.05, 4.69) is 20.6 Å². The van der Waals surface area contributed by atoms with Crippen molar-refractivity contribution in [3.8, 4) is 0 Å². The minimum atomic E-state index is -0.198. The number of aromatic nitrogens is 2. The summed E-state index contributed by atoms with van der Waals surface area (Å²) in [6.07, 6.45) is 1.59. The summed E-state index contributed by atoms with van der Waals surface area (Å²) in [7, 11) is 1.76. The highest BCUT2D eigenvalue weighted by Crippen LogP contribution is 2.12. The van der Waals surface area contributed by atoms with Crippen molar-refractivity contribution in [3.05, 3.63) is 47.3 Å². The lowest BCUT2D eigenvalue weighted by atomic mass is 10.2. The molecule has 1 amide bonds. The first kappa shape index (κ1) is 13.0. The number of carbonyl (C=O) groups is 1. The topological polar surface area (TPSA) is 66.9 Å². The van der Waals surface area contributed by atoms with Crippen LogP contribution in [0.2, 0.25) is 0 Å². The predicted molar refractivity (Wildman–Crippen MR) is 75.4 cm³/mol. The highest BCUT2D eigenvalue weighted by molar-refractivity contribution is 6.04. The van der Waals surface area contributed by atoms with Gasteiger partial charge in [0.05, 0.1) is 0 Å². The second-order valence-corrected chi connectivity index (χ2v) is 4.30. The number of hydrogen-bond acceptors (Lipinski definition) is 4. The zero-order valence-corrected chi connectivity index (χ0v) is 11.2. The predicted octanol–water partition coefficient (Wildman–Crippen LogP) is 2.39. The molecule has 0 bridgehead atoms. The van der Waals surface area contributed by atoms with Crippen molar-refractivity contribution in [1.82, 2.24) is 9.97 Å². The van der Waals surface area contributed by atoms with Crippen LogP contribution in [0.3, 0.4) is 0 Å². The van der Waals surface area contributed by atoms with Gasteiger partial charge in [0.1, 0.15) is 11.6 Å². The number of carbonyl (C=O) groups excluding carboxylic acids is 1. The first-order valence-electron chi connectivity index (χ1n) is 5.99. The summed E-state index contributed by atoms with van der Waals surface area (Å²) in [5, 5.41) is 5.68. The lowest BCUT2D eigenvalue weighted by Gasteiger charge is -2.07. The molecule has 19 heavy (non-hydrogen) atoms. The fourth-order valence-corrected chi connectivity index (χ4v) is 1.80. The number of hydrogen-bond donors (Lipinski definition) is 2. The molecule has 98 valence electrons. The molecule has 2 rings (SSSR count). The first-order chi connectivity index (χ1) is 9.08. The van der Waals surface area contributed by atoms with Crippen LogP contribution in [0.25, 0.3) is 0 Å². The molecule has 2 N–H and O–H groups in total. The number of pyridine rings is 2. The highest BCUT2D eigenvalue weighted by Gasteiger charge is 2.08. The standard InChI is InChI=1S/C14H16N4O/c1-9-6-10(2)17-13(7-9)18-14(19)11-4-5-16-12(8-11)15-3/h4-8H,1-3H3,(H,15,16)(H,17,18,19). The zero-order valence-electron chi connectivity index (χ0n) is 11.2. The zero-order chi connectivity index (χ0) is 13.8. The summed E-state index contributed by atoms with van der Waals surface area (Å²) in [4.78, 5) is 20.4. The maximum Gasteiger partial charge on any atom is 0.257 e. The van der Waals surface area contributed by atoms with Crippen LogP contribution in [-0.4, -0.2) is 22.9 Å². The third kappa shape index (κ3) is 3.28. The van der Waals surface area contributed by atoms with Crippen LogP contribution < -0.4 is 10.6 Å². The molecule has 0 unspecified atom stereocenters. The summed E-state index contributed by atoms with van der Waals surface area (Å²) in [5.41, 5.74) is 2.48. The quantitative estimate of drug-likeness (QED) is 0.884. The summed E-state index contributed by atoms with van der Waals surface area (Å²) in [6.45, 7) is 3.87. The highest BCUT2D eigenvalue weighted by atomic mass is 16.1. The minimum absolute atomic E-state index is 0.198. The average molecular weight is 256 g/mol. The van der Waals surface area contributed by atoms with Crippen molar-refractivity contribution in [1.29, 1.82) is 0 Å². The lowest BCUT2D eigenvalue weighted by Crippen LogP contribution is -2.14. The molecule has 0 aliphatic carbocycles. The fraction of sp³-hybridized carbons (Fsp3) is 0.214. The van der Waals surface area contributed by atoms with Crippen molar-refractivity contribution in [2.75, 3.05) is 17.7 Å². The van der Waals surface area contributed by atoms with E-state index >= 15 is 0 Å². The largest absolute Gasteiger partial charge is 0.373 e. The summed E-state index contributed by atoms with van der Waals surface area (Å²) in [6, 6.07) is 7.16. The van der Waals surface area contributed by atoms with Crippen LogP contribution in [0.15, 0.2) is 30.5 Å². The van der Waals surface area contributed by atoms with Gasteiger partial charge in [-0.3, -0.25) is 4.79 Å². The van der Waals surface area contributed by atoms with Gasteiger partial charge in [-0.15, -0.1) is 0 Å². The third-order valence-electron chi connectivity index (χ3n) is 2.62. The van der Waals surface area contributed by atoms with Crippen LogP contribution in [0.4, 0.5) is 11.6 Å². The van der Waals surface area contributed by atoms with Gasteiger partial charge in [0, 0.05) is 24.5 Å². The van der Waals surface area contributed by atoms with E-state index in [9.17, 15) is 4.79 Å². The van der Waals surface area contributed by atoms with Crippen LogP contribution >= 0.6 is 0 Å². The molecular weight excluding hydrogens is 240 g/mol. The Hall–Kier alpha value is -2.43. The summed E-state index contributed by atoms with van der Waals surface area (Å²) < 4.78 is 0. The first-order valence-corrected chi connectivity index (χ1v) is 5.99. The molecule has 0 aliphatic rings. The maximum atomic E-state index is 12.1. The molecule has 0 aliphatic heterocycles. The third-order valence-corrected chi connectivity index (χ3v) is 2.62. The van der Waals surface area contributed by atoms with Crippen LogP contribution in [-0.2, 0) is 0 Å². The summed E-state index contributed by atoms with van der Waals surface area (Å²) in [5.74, 6) is 1.02. The molecule has 0 aromatic carbocycles. The second kappa shape index (κ2) is 5.48. The van der Waals surface area contributed by atoms with E-state index in [0.717, 1.165) is 11.3 Å². The van der Waals surface area contributed by atoms with E-state index in [4.69, 9.17) is 0 Å². The van der Waals surface area contributed by atoms with E-state index in [0.29, 0.717) is 17.2 Å². The SMILES string of the molecule is CNc1cc(C(=O)Nc2cc(C)cc(C)n2)ccn1. The number of aryl methyl sites for hydroxylation is 2. The smallest absolute Gasteiger partial charge is 0.257 e. The van der Waals surface area contributed by atoms with Gasteiger partial charge in [-0.1, -0.05) is 0 Å². The fourth-order valence-electron chi connectivity index (χ4n) is 1.80. The van der Waals surface area contributed by atoms with Gasteiger partial charge in [-0.05, 0) is 43.7 Å². The number of amides is 1. The van der Waals surface area contributed by atoms with E-state index < -0.39 is 0 Å². The number of anilines is 2. The van der Waals surface area contributed by atoms with E-state index in [1.165, 1.54) is 0 Å². The average Bonchev–Trinajstić information content (AvgIpc) is 2.37. The van der Waals surface area contributed by atoms with Crippen LogP contribution in [0.5, 0.6) is 0 Å². The molecule has 2 heterocycles. The van der Waals surface area contributed by atoms with Crippen molar-refractivity contribution in [2.24, 2.45) is 0 Å². The Balaban J connectivity index is 2.20. The molecule has 2 aromatic rings. The van der Waals surface area contributed by atoms with Gasteiger partial charge in [0.25, 0.3) is 5.91 Å². The van der Waals surface area contributed by atoms with E-state index in [1.807, 2.05) is 26.0 Å².